The van der Waals surface area contributed by atoms with E-state index in [-0.39, 0.29) is 6.04 Å². The Morgan fingerprint density at radius 1 is 1.11 bits per heavy atom. The molecule has 0 saturated heterocycles. The molecule has 1 aliphatic carbocycles. The lowest BCUT2D eigenvalue weighted by Crippen LogP contribution is -2.35. The molecule has 0 spiro atoms. The van der Waals surface area contributed by atoms with E-state index in [1.54, 1.807) is 6.26 Å². The van der Waals surface area contributed by atoms with Crippen LogP contribution < -0.4 is 5.32 Å². The predicted molar refractivity (Wildman–Crippen MR) is 76.9 cm³/mol. The predicted octanol–water partition coefficient (Wildman–Crippen LogP) is 4.15. The molecule has 3 rings (SSSR count). The van der Waals surface area contributed by atoms with Crippen molar-refractivity contribution in [2.75, 3.05) is 0 Å². The van der Waals surface area contributed by atoms with E-state index in [4.69, 9.17) is 4.42 Å². The minimum atomic E-state index is 0.168. The van der Waals surface area contributed by atoms with Crippen molar-refractivity contribution in [3.8, 4) is 0 Å². The third-order valence-corrected chi connectivity index (χ3v) is 4.20. The first-order valence-electron chi connectivity index (χ1n) is 7.19. The van der Waals surface area contributed by atoms with Crippen molar-refractivity contribution in [3.63, 3.8) is 0 Å². The van der Waals surface area contributed by atoms with Crippen molar-refractivity contribution < 1.29 is 4.42 Å². The van der Waals surface area contributed by atoms with Gasteiger partial charge in [-0.2, -0.15) is 0 Å². The summed E-state index contributed by atoms with van der Waals surface area (Å²) < 4.78 is 5.63. The Labute approximate surface area is 114 Å². The Morgan fingerprint density at radius 3 is 2.58 bits per heavy atom. The summed E-state index contributed by atoms with van der Waals surface area (Å²) in [5, 5.41) is 3.79. The quantitative estimate of drug-likeness (QED) is 0.888. The van der Waals surface area contributed by atoms with E-state index in [0.29, 0.717) is 6.04 Å². The van der Waals surface area contributed by atoms with E-state index in [9.17, 15) is 0 Å². The van der Waals surface area contributed by atoms with Crippen molar-refractivity contribution in [3.05, 3.63) is 60.1 Å². The number of hydrogen-bond donors (Lipinski definition) is 1. The van der Waals surface area contributed by atoms with Crippen LogP contribution in [0.4, 0.5) is 0 Å². The molecule has 2 heteroatoms. The van der Waals surface area contributed by atoms with Gasteiger partial charge in [-0.1, -0.05) is 43.7 Å². The van der Waals surface area contributed by atoms with Crippen LogP contribution in [-0.2, 0) is 0 Å². The summed E-state index contributed by atoms with van der Waals surface area (Å²) in [6.07, 6.45) is 5.69. The number of rotatable bonds is 4. The molecule has 3 atom stereocenters. The van der Waals surface area contributed by atoms with Crippen molar-refractivity contribution in [2.24, 2.45) is 5.92 Å². The number of nitrogens with one attached hydrogen (secondary N) is 1. The second-order valence-electron chi connectivity index (χ2n) is 5.54. The van der Waals surface area contributed by atoms with Crippen LogP contribution in [0.5, 0.6) is 0 Å². The SMILES string of the molecule is CC1CCCC1NC(c1ccccc1)c1ccco1. The highest BCUT2D eigenvalue weighted by Gasteiger charge is 2.27. The van der Waals surface area contributed by atoms with Crippen molar-refractivity contribution in [1.29, 1.82) is 0 Å². The highest BCUT2D eigenvalue weighted by molar-refractivity contribution is 5.26. The minimum Gasteiger partial charge on any atom is -0.467 e. The van der Waals surface area contributed by atoms with Crippen LogP contribution in [0.2, 0.25) is 0 Å². The Bertz CT molecular complexity index is 491. The van der Waals surface area contributed by atoms with Crippen molar-refractivity contribution in [1.82, 2.24) is 5.32 Å². The lowest BCUT2D eigenvalue weighted by atomic mass is 10.00. The maximum atomic E-state index is 5.63. The normalized spacial score (nSPS) is 24.5. The maximum absolute atomic E-state index is 5.63. The Kier molecular flexibility index (Phi) is 3.69. The third kappa shape index (κ3) is 2.74. The molecule has 1 aliphatic rings. The first kappa shape index (κ1) is 12.5. The first-order chi connectivity index (χ1) is 9.34. The van der Waals surface area contributed by atoms with Crippen molar-refractivity contribution >= 4 is 0 Å². The zero-order valence-corrected chi connectivity index (χ0v) is 11.4. The van der Waals surface area contributed by atoms with Crippen LogP contribution in [0, 0.1) is 5.92 Å². The zero-order valence-electron chi connectivity index (χ0n) is 11.4. The van der Waals surface area contributed by atoms with E-state index >= 15 is 0 Å². The van der Waals surface area contributed by atoms with E-state index in [2.05, 4.69) is 48.6 Å². The first-order valence-corrected chi connectivity index (χ1v) is 7.19. The second kappa shape index (κ2) is 5.62. The van der Waals surface area contributed by atoms with Crippen LogP contribution in [0.15, 0.2) is 53.1 Å². The molecule has 3 unspecified atom stereocenters. The smallest absolute Gasteiger partial charge is 0.125 e. The summed E-state index contributed by atoms with van der Waals surface area (Å²) in [5.74, 6) is 1.76. The van der Waals surface area contributed by atoms with Crippen LogP contribution in [0.1, 0.15) is 43.6 Å². The van der Waals surface area contributed by atoms with Gasteiger partial charge in [-0.25, -0.2) is 0 Å². The van der Waals surface area contributed by atoms with Gasteiger partial charge in [-0.3, -0.25) is 0 Å². The van der Waals surface area contributed by atoms with Gasteiger partial charge in [0.1, 0.15) is 5.76 Å². The average Bonchev–Trinajstić information content (AvgIpc) is 3.09. The molecule has 2 aromatic rings. The summed E-state index contributed by atoms with van der Waals surface area (Å²) in [5.41, 5.74) is 1.27. The van der Waals surface area contributed by atoms with Gasteiger partial charge in [0.25, 0.3) is 0 Å². The fraction of sp³-hybridized carbons (Fsp3) is 0.412. The molecule has 1 fully saturated rings. The van der Waals surface area contributed by atoms with E-state index in [1.165, 1.54) is 24.8 Å². The summed E-state index contributed by atoms with van der Waals surface area (Å²) in [6, 6.07) is 15.4. The molecular formula is C17H21NO. The van der Waals surface area contributed by atoms with Crippen LogP contribution in [0.3, 0.4) is 0 Å². The maximum Gasteiger partial charge on any atom is 0.125 e. The molecule has 1 saturated carbocycles. The molecule has 19 heavy (non-hydrogen) atoms. The molecule has 0 bridgehead atoms. The van der Waals surface area contributed by atoms with E-state index in [0.717, 1.165) is 11.7 Å². The molecule has 1 heterocycles. The molecule has 0 radical (unpaired) electrons. The summed E-state index contributed by atoms with van der Waals surface area (Å²) >= 11 is 0. The number of furan rings is 1. The van der Waals surface area contributed by atoms with E-state index in [1.807, 2.05) is 6.07 Å². The van der Waals surface area contributed by atoms with Crippen LogP contribution in [0.25, 0.3) is 0 Å². The van der Waals surface area contributed by atoms with Gasteiger partial charge < -0.3 is 9.73 Å². The molecule has 0 aliphatic heterocycles. The third-order valence-electron chi connectivity index (χ3n) is 4.20. The Balaban J connectivity index is 1.85. The van der Waals surface area contributed by atoms with Gasteiger partial charge in [-0.15, -0.1) is 0 Å². The van der Waals surface area contributed by atoms with Crippen LogP contribution >= 0.6 is 0 Å². The Morgan fingerprint density at radius 2 is 1.95 bits per heavy atom. The average molecular weight is 255 g/mol. The zero-order chi connectivity index (χ0) is 13.1. The molecule has 0 amide bonds. The van der Waals surface area contributed by atoms with Crippen LogP contribution in [-0.4, -0.2) is 6.04 Å². The number of hydrogen-bond acceptors (Lipinski definition) is 2. The lowest BCUT2D eigenvalue weighted by Gasteiger charge is -2.24. The summed E-state index contributed by atoms with van der Waals surface area (Å²) in [7, 11) is 0. The molecule has 2 nitrogen and oxygen atoms in total. The van der Waals surface area contributed by atoms with Gasteiger partial charge in [0.15, 0.2) is 0 Å². The van der Waals surface area contributed by atoms with Crippen molar-refractivity contribution in [2.45, 2.75) is 38.3 Å². The summed E-state index contributed by atoms with van der Waals surface area (Å²) in [4.78, 5) is 0. The van der Waals surface area contributed by atoms with Gasteiger partial charge in [0, 0.05) is 6.04 Å². The van der Waals surface area contributed by atoms with Gasteiger partial charge in [-0.05, 0) is 36.5 Å². The lowest BCUT2D eigenvalue weighted by molar-refractivity contribution is 0.363. The fourth-order valence-corrected chi connectivity index (χ4v) is 3.05. The highest BCUT2D eigenvalue weighted by Crippen LogP contribution is 2.30. The molecule has 1 aromatic heterocycles. The molecule has 1 N–H and O–H groups in total. The molecule has 100 valence electrons. The number of benzene rings is 1. The Hall–Kier alpha value is -1.54. The van der Waals surface area contributed by atoms with E-state index < -0.39 is 0 Å². The molecular weight excluding hydrogens is 234 g/mol. The monoisotopic (exact) mass is 255 g/mol. The van der Waals surface area contributed by atoms with Gasteiger partial charge in [0.2, 0.25) is 0 Å². The second-order valence-corrected chi connectivity index (χ2v) is 5.54. The minimum absolute atomic E-state index is 0.168. The largest absolute Gasteiger partial charge is 0.467 e. The topological polar surface area (TPSA) is 25.2 Å². The molecule has 1 aromatic carbocycles. The summed E-state index contributed by atoms with van der Waals surface area (Å²) in [6.45, 7) is 2.34. The van der Waals surface area contributed by atoms with Gasteiger partial charge in [0.05, 0.1) is 12.3 Å². The standard InChI is InChI=1S/C17H21NO/c1-13-7-5-10-15(13)18-17(16-11-6-12-19-16)14-8-3-2-4-9-14/h2-4,6,8-9,11-13,15,17-18H,5,7,10H2,1H3. The van der Waals surface area contributed by atoms with Gasteiger partial charge >= 0.3 is 0 Å². The fourth-order valence-electron chi connectivity index (χ4n) is 3.05. The highest BCUT2D eigenvalue weighted by atomic mass is 16.3.